The van der Waals surface area contributed by atoms with Crippen LogP contribution in [0.3, 0.4) is 0 Å². The summed E-state index contributed by atoms with van der Waals surface area (Å²) in [6.45, 7) is 4.43. The third kappa shape index (κ3) is 2.39. The minimum absolute atomic E-state index is 0.534. The van der Waals surface area contributed by atoms with Crippen LogP contribution >= 0.6 is 11.3 Å². The lowest BCUT2D eigenvalue weighted by molar-refractivity contribution is 0.867. The van der Waals surface area contributed by atoms with Gasteiger partial charge in [-0.25, -0.2) is 9.97 Å². The van der Waals surface area contributed by atoms with Gasteiger partial charge in [-0.2, -0.15) is 0 Å². The van der Waals surface area contributed by atoms with E-state index in [4.69, 9.17) is 0 Å². The fraction of sp³-hybridized carbons (Fsp3) is 0.130. The smallest absolute Gasteiger partial charge is 0.116 e. The zero-order valence-corrected chi connectivity index (χ0v) is 15.5. The average Bonchev–Trinajstić information content (AvgIpc) is 3.03. The molecular formula is C23H18N2S. The third-order valence-electron chi connectivity index (χ3n) is 4.97. The number of fused-ring (bicyclic) bond motifs is 4. The lowest BCUT2D eigenvalue weighted by Crippen LogP contribution is -1.89. The van der Waals surface area contributed by atoms with E-state index in [0.717, 1.165) is 21.5 Å². The van der Waals surface area contributed by atoms with E-state index in [2.05, 4.69) is 84.5 Å². The van der Waals surface area contributed by atoms with Gasteiger partial charge in [0.1, 0.15) is 6.33 Å². The maximum atomic E-state index is 4.62. The van der Waals surface area contributed by atoms with E-state index in [0.29, 0.717) is 5.92 Å². The van der Waals surface area contributed by atoms with Crippen LogP contribution in [-0.4, -0.2) is 9.97 Å². The second-order valence-electron chi connectivity index (χ2n) is 6.97. The highest BCUT2D eigenvalue weighted by atomic mass is 32.1. The maximum absolute atomic E-state index is 4.62. The Kier molecular flexibility index (Phi) is 3.50. The molecule has 0 aliphatic heterocycles. The van der Waals surface area contributed by atoms with Gasteiger partial charge >= 0.3 is 0 Å². The van der Waals surface area contributed by atoms with Crippen LogP contribution < -0.4 is 0 Å². The van der Waals surface area contributed by atoms with Crippen LogP contribution in [0.2, 0.25) is 0 Å². The Morgan fingerprint density at radius 2 is 1.58 bits per heavy atom. The Hall–Kier alpha value is -2.78. The van der Waals surface area contributed by atoms with Gasteiger partial charge in [0.15, 0.2) is 0 Å². The summed E-state index contributed by atoms with van der Waals surface area (Å²) in [6, 6.07) is 21.8. The van der Waals surface area contributed by atoms with Gasteiger partial charge in [-0.3, -0.25) is 0 Å². The number of aromatic nitrogens is 2. The topological polar surface area (TPSA) is 25.8 Å². The molecule has 0 saturated heterocycles. The first-order chi connectivity index (χ1) is 12.7. The number of rotatable bonds is 2. The van der Waals surface area contributed by atoms with Crippen molar-refractivity contribution in [2.45, 2.75) is 19.8 Å². The van der Waals surface area contributed by atoms with E-state index in [1.165, 1.54) is 26.4 Å². The SMILES string of the molecule is CC(C)c1ccc(-c2ncnc3c2sc2cc4ccccc4cc23)cc1. The van der Waals surface area contributed by atoms with Crippen LogP contribution in [0.1, 0.15) is 25.3 Å². The van der Waals surface area contributed by atoms with Crippen LogP contribution in [0.4, 0.5) is 0 Å². The van der Waals surface area contributed by atoms with Crippen molar-refractivity contribution in [1.29, 1.82) is 0 Å². The van der Waals surface area contributed by atoms with Crippen molar-refractivity contribution in [3.63, 3.8) is 0 Å². The minimum Gasteiger partial charge on any atom is -0.235 e. The van der Waals surface area contributed by atoms with Gasteiger partial charge in [-0.15, -0.1) is 11.3 Å². The van der Waals surface area contributed by atoms with Crippen LogP contribution in [-0.2, 0) is 0 Å². The maximum Gasteiger partial charge on any atom is 0.116 e. The average molecular weight is 354 g/mol. The Morgan fingerprint density at radius 3 is 2.31 bits per heavy atom. The van der Waals surface area contributed by atoms with E-state index >= 15 is 0 Å². The molecule has 0 aliphatic rings. The summed E-state index contributed by atoms with van der Waals surface area (Å²) < 4.78 is 2.43. The van der Waals surface area contributed by atoms with Crippen molar-refractivity contribution >= 4 is 42.4 Å². The lowest BCUT2D eigenvalue weighted by atomic mass is 10.0. The molecule has 2 nitrogen and oxygen atoms in total. The number of thiophene rings is 1. The number of benzene rings is 3. The molecule has 0 spiro atoms. The monoisotopic (exact) mass is 354 g/mol. The first-order valence-corrected chi connectivity index (χ1v) is 9.69. The summed E-state index contributed by atoms with van der Waals surface area (Å²) >= 11 is 1.78. The summed E-state index contributed by atoms with van der Waals surface area (Å²) in [5.74, 6) is 0.534. The molecule has 5 rings (SSSR count). The zero-order valence-electron chi connectivity index (χ0n) is 14.7. The molecule has 0 N–H and O–H groups in total. The molecule has 0 bridgehead atoms. The molecule has 0 radical (unpaired) electrons. The molecule has 2 heterocycles. The quantitative estimate of drug-likeness (QED) is 0.349. The van der Waals surface area contributed by atoms with Crippen LogP contribution in [0.5, 0.6) is 0 Å². The van der Waals surface area contributed by atoms with Gasteiger partial charge in [0.25, 0.3) is 0 Å². The molecule has 0 aliphatic carbocycles. The molecule has 5 aromatic rings. The van der Waals surface area contributed by atoms with Crippen LogP contribution in [0.15, 0.2) is 67.0 Å². The summed E-state index contributed by atoms with van der Waals surface area (Å²) in [5.41, 5.74) is 4.57. The van der Waals surface area contributed by atoms with E-state index in [9.17, 15) is 0 Å². The normalized spacial score (nSPS) is 11.8. The summed E-state index contributed by atoms with van der Waals surface area (Å²) in [7, 11) is 0. The van der Waals surface area contributed by atoms with Gasteiger partial charge in [-0.1, -0.05) is 62.4 Å². The lowest BCUT2D eigenvalue weighted by Gasteiger charge is -2.07. The molecule has 0 unspecified atom stereocenters. The van der Waals surface area contributed by atoms with E-state index < -0.39 is 0 Å². The molecular weight excluding hydrogens is 336 g/mol. The summed E-state index contributed by atoms with van der Waals surface area (Å²) in [5, 5.41) is 3.73. The third-order valence-corrected chi connectivity index (χ3v) is 6.12. The predicted molar refractivity (Wildman–Crippen MR) is 112 cm³/mol. The van der Waals surface area contributed by atoms with Crippen molar-refractivity contribution in [2.24, 2.45) is 0 Å². The number of nitrogens with zero attached hydrogens (tertiary/aromatic N) is 2. The standard InChI is InChI=1S/C23H18N2S/c1-14(2)15-7-9-16(10-8-15)21-23-22(25-13-24-21)19-11-17-5-3-4-6-18(17)12-20(19)26-23/h3-14H,1-2H3. The molecule has 0 atom stereocenters. The van der Waals surface area contributed by atoms with Gasteiger partial charge in [0.2, 0.25) is 0 Å². The highest BCUT2D eigenvalue weighted by Crippen LogP contribution is 2.39. The van der Waals surface area contributed by atoms with Crippen LogP contribution in [0, 0.1) is 0 Å². The van der Waals surface area contributed by atoms with Gasteiger partial charge in [0.05, 0.1) is 15.9 Å². The Balaban J connectivity index is 1.77. The Labute approximate surface area is 156 Å². The summed E-state index contributed by atoms with van der Waals surface area (Å²) in [6.07, 6.45) is 1.69. The Bertz CT molecular complexity index is 1250. The van der Waals surface area contributed by atoms with Crippen molar-refractivity contribution in [2.75, 3.05) is 0 Å². The largest absolute Gasteiger partial charge is 0.235 e. The van der Waals surface area contributed by atoms with Gasteiger partial charge in [0, 0.05) is 15.6 Å². The Morgan fingerprint density at radius 1 is 0.846 bits per heavy atom. The second kappa shape index (κ2) is 5.89. The van der Waals surface area contributed by atoms with E-state index in [1.807, 2.05) is 0 Å². The van der Waals surface area contributed by atoms with E-state index in [-0.39, 0.29) is 0 Å². The zero-order chi connectivity index (χ0) is 17.7. The second-order valence-corrected chi connectivity index (χ2v) is 8.03. The molecule has 3 aromatic carbocycles. The number of hydrogen-bond donors (Lipinski definition) is 0. The molecule has 0 saturated carbocycles. The van der Waals surface area contributed by atoms with Gasteiger partial charge in [-0.05, 0) is 34.4 Å². The van der Waals surface area contributed by atoms with Crippen molar-refractivity contribution in [1.82, 2.24) is 9.97 Å². The van der Waals surface area contributed by atoms with Gasteiger partial charge < -0.3 is 0 Å². The van der Waals surface area contributed by atoms with E-state index in [1.54, 1.807) is 17.7 Å². The van der Waals surface area contributed by atoms with Crippen molar-refractivity contribution in [3.8, 4) is 11.3 Å². The molecule has 0 amide bonds. The molecule has 3 heteroatoms. The predicted octanol–water partition coefficient (Wildman–Crippen LogP) is 6.79. The van der Waals surface area contributed by atoms with Crippen molar-refractivity contribution in [3.05, 3.63) is 72.6 Å². The first kappa shape index (κ1) is 15.5. The molecule has 2 aromatic heterocycles. The van der Waals surface area contributed by atoms with Crippen molar-refractivity contribution < 1.29 is 0 Å². The molecule has 26 heavy (non-hydrogen) atoms. The highest BCUT2D eigenvalue weighted by Gasteiger charge is 2.13. The number of hydrogen-bond acceptors (Lipinski definition) is 3. The molecule has 0 fully saturated rings. The molecule has 126 valence electrons. The highest BCUT2D eigenvalue weighted by molar-refractivity contribution is 7.26. The summed E-state index contributed by atoms with van der Waals surface area (Å²) in [4.78, 5) is 9.22. The van der Waals surface area contributed by atoms with Crippen LogP contribution in [0.25, 0.3) is 42.3 Å². The fourth-order valence-corrected chi connectivity index (χ4v) is 4.69. The first-order valence-electron chi connectivity index (χ1n) is 8.87. The minimum atomic E-state index is 0.534. The fourth-order valence-electron chi connectivity index (χ4n) is 3.49.